The van der Waals surface area contributed by atoms with Crippen LogP contribution in [0.4, 0.5) is 10.5 Å². The molecule has 0 aliphatic carbocycles. The van der Waals surface area contributed by atoms with Crippen molar-refractivity contribution < 1.29 is 19.1 Å². The number of esters is 1. The van der Waals surface area contributed by atoms with Crippen LogP contribution >= 0.6 is 0 Å². The van der Waals surface area contributed by atoms with Gasteiger partial charge >= 0.3 is 12.0 Å². The number of amides is 2. The number of hydrogen-bond acceptors (Lipinski definition) is 5. The molecule has 1 aromatic carbocycles. The van der Waals surface area contributed by atoms with Gasteiger partial charge in [-0.05, 0) is 31.2 Å². The molecule has 0 aromatic heterocycles. The van der Waals surface area contributed by atoms with Crippen molar-refractivity contribution in [2.24, 2.45) is 0 Å². The minimum absolute atomic E-state index is 0.256. The number of nitrogens with one attached hydrogen (secondary N) is 2. The highest BCUT2D eigenvalue weighted by atomic mass is 16.5. The highest BCUT2D eigenvalue weighted by Crippen LogP contribution is 2.10. The van der Waals surface area contributed by atoms with Gasteiger partial charge in [-0.25, -0.2) is 9.59 Å². The van der Waals surface area contributed by atoms with Crippen molar-refractivity contribution >= 4 is 17.7 Å². The number of ether oxygens (including phenoxy) is 2. The molecule has 1 saturated heterocycles. The van der Waals surface area contributed by atoms with Gasteiger partial charge in [0.2, 0.25) is 0 Å². The summed E-state index contributed by atoms with van der Waals surface area (Å²) in [5, 5.41) is 5.59. The van der Waals surface area contributed by atoms with Crippen LogP contribution in [0.25, 0.3) is 0 Å². The first kappa shape index (κ1) is 17.2. The SMILES string of the molecule is COC(=O)c1ccc(NC(=O)NC[C@H](C)N2CCOCC2)cc1. The minimum atomic E-state index is -0.402. The van der Waals surface area contributed by atoms with Gasteiger partial charge in [0.1, 0.15) is 0 Å². The molecule has 7 nitrogen and oxygen atoms in total. The number of carbonyl (C=O) groups excluding carboxylic acids is 2. The Labute approximate surface area is 135 Å². The van der Waals surface area contributed by atoms with Gasteiger partial charge in [-0.15, -0.1) is 0 Å². The number of methoxy groups -OCH3 is 1. The average Bonchev–Trinajstić information content (AvgIpc) is 2.60. The predicted molar refractivity (Wildman–Crippen MR) is 86.7 cm³/mol. The van der Waals surface area contributed by atoms with Gasteiger partial charge in [0, 0.05) is 31.4 Å². The Hall–Kier alpha value is -2.12. The van der Waals surface area contributed by atoms with Crippen molar-refractivity contribution in [3.63, 3.8) is 0 Å². The molecule has 126 valence electrons. The number of benzene rings is 1. The zero-order chi connectivity index (χ0) is 16.7. The molecule has 1 aliphatic heterocycles. The summed E-state index contributed by atoms with van der Waals surface area (Å²) < 4.78 is 9.94. The van der Waals surface area contributed by atoms with E-state index in [0.29, 0.717) is 17.8 Å². The van der Waals surface area contributed by atoms with Crippen LogP contribution in [-0.2, 0) is 9.47 Å². The Kier molecular flexibility index (Phi) is 6.37. The number of carbonyl (C=O) groups is 2. The van der Waals surface area contributed by atoms with Crippen molar-refractivity contribution in [2.45, 2.75) is 13.0 Å². The molecule has 1 aromatic rings. The lowest BCUT2D eigenvalue weighted by atomic mass is 10.2. The van der Waals surface area contributed by atoms with Gasteiger partial charge in [0.05, 0.1) is 25.9 Å². The van der Waals surface area contributed by atoms with E-state index in [4.69, 9.17) is 4.74 Å². The summed E-state index contributed by atoms with van der Waals surface area (Å²) in [5.41, 5.74) is 1.06. The molecule has 0 radical (unpaired) electrons. The zero-order valence-corrected chi connectivity index (χ0v) is 13.5. The Balaban J connectivity index is 1.76. The molecule has 0 unspecified atom stereocenters. The van der Waals surface area contributed by atoms with E-state index in [1.807, 2.05) is 0 Å². The van der Waals surface area contributed by atoms with Gasteiger partial charge in [0.25, 0.3) is 0 Å². The molecule has 1 heterocycles. The van der Waals surface area contributed by atoms with Crippen molar-refractivity contribution in [3.8, 4) is 0 Å². The average molecular weight is 321 g/mol. The van der Waals surface area contributed by atoms with Crippen LogP contribution in [-0.4, -0.2) is 62.9 Å². The predicted octanol–water partition coefficient (Wildman–Crippen LogP) is 1.32. The fourth-order valence-electron chi connectivity index (χ4n) is 2.37. The first-order chi connectivity index (χ1) is 11.1. The molecule has 2 rings (SSSR count). The van der Waals surface area contributed by atoms with Gasteiger partial charge in [-0.1, -0.05) is 0 Å². The Bertz CT molecular complexity index is 527. The lowest BCUT2D eigenvalue weighted by molar-refractivity contribution is 0.0209. The van der Waals surface area contributed by atoms with E-state index in [1.54, 1.807) is 24.3 Å². The Morgan fingerprint density at radius 2 is 1.91 bits per heavy atom. The monoisotopic (exact) mass is 321 g/mol. The fraction of sp³-hybridized carbons (Fsp3) is 0.500. The van der Waals surface area contributed by atoms with Gasteiger partial charge in [0.15, 0.2) is 0 Å². The third-order valence-electron chi connectivity index (χ3n) is 3.79. The maximum atomic E-state index is 11.9. The van der Waals surface area contributed by atoms with E-state index in [0.717, 1.165) is 26.3 Å². The van der Waals surface area contributed by atoms with E-state index in [2.05, 4.69) is 27.2 Å². The second-order valence-electron chi connectivity index (χ2n) is 5.40. The van der Waals surface area contributed by atoms with Crippen LogP contribution in [0.1, 0.15) is 17.3 Å². The van der Waals surface area contributed by atoms with Crippen molar-refractivity contribution in [2.75, 3.05) is 45.3 Å². The van der Waals surface area contributed by atoms with E-state index >= 15 is 0 Å². The fourth-order valence-corrected chi connectivity index (χ4v) is 2.37. The third kappa shape index (κ3) is 5.22. The van der Waals surface area contributed by atoms with Gasteiger partial charge in [-0.2, -0.15) is 0 Å². The first-order valence-electron chi connectivity index (χ1n) is 7.65. The lowest BCUT2D eigenvalue weighted by Crippen LogP contribution is -2.47. The van der Waals surface area contributed by atoms with Crippen molar-refractivity contribution in [3.05, 3.63) is 29.8 Å². The van der Waals surface area contributed by atoms with E-state index in [1.165, 1.54) is 7.11 Å². The normalized spacial score (nSPS) is 16.4. The van der Waals surface area contributed by atoms with Crippen LogP contribution in [0.2, 0.25) is 0 Å². The molecular weight excluding hydrogens is 298 g/mol. The minimum Gasteiger partial charge on any atom is -0.465 e. The molecule has 1 fully saturated rings. The number of hydrogen-bond donors (Lipinski definition) is 2. The standard InChI is InChI=1S/C16H23N3O4/c1-12(19-7-9-23-10-8-19)11-17-16(21)18-14-5-3-13(4-6-14)15(20)22-2/h3-6,12H,7-11H2,1-2H3,(H2,17,18,21)/t12-/m0/s1. The van der Waals surface area contributed by atoms with Crippen LogP contribution < -0.4 is 10.6 Å². The highest BCUT2D eigenvalue weighted by molar-refractivity contribution is 5.92. The van der Waals surface area contributed by atoms with Crippen molar-refractivity contribution in [1.29, 1.82) is 0 Å². The molecule has 7 heteroatoms. The first-order valence-corrected chi connectivity index (χ1v) is 7.65. The maximum absolute atomic E-state index is 11.9. The summed E-state index contributed by atoms with van der Waals surface area (Å²) in [7, 11) is 1.33. The largest absolute Gasteiger partial charge is 0.465 e. The zero-order valence-electron chi connectivity index (χ0n) is 13.5. The molecule has 2 amide bonds. The van der Waals surface area contributed by atoms with Gasteiger partial charge in [-0.3, -0.25) is 4.90 Å². The molecule has 0 bridgehead atoms. The number of nitrogens with zero attached hydrogens (tertiary/aromatic N) is 1. The second-order valence-corrected chi connectivity index (χ2v) is 5.40. The van der Waals surface area contributed by atoms with E-state index < -0.39 is 5.97 Å². The summed E-state index contributed by atoms with van der Waals surface area (Å²) in [6, 6.07) is 6.53. The van der Waals surface area contributed by atoms with Crippen LogP contribution in [0.5, 0.6) is 0 Å². The molecule has 1 atom stereocenters. The quantitative estimate of drug-likeness (QED) is 0.800. The summed E-state index contributed by atoms with van der Waals surface area (Å²) in [6.07, 6.45) is 0. The summed E-state index contributed by atoms with van der Waals surface area (Å²) >= 11 is 0. The topological polar surface area (TPSA) is 79.9 Å². The summed E-state index contributed by atoms with van der Waals surface area (Å²) in [4.78, 5) is 25.5. The van der Waals surface area contributed by atoms with E-state index in [-0.39, 0.29) is 12.1 Å². The molecule has 23 heavy (non-hydrogen) atoms. The summed E-state index contributed by atoms with van der Waals surface area (Å²) in [5.74, 6) is -0.402. The van der Waals surface area contributed by atoms with Gasteiger partial charge < -0.3 is 20.1 Å². The Morgan fingerprint density at radius 3 is 2.52 bits per heavy atom. The Morgan fingerprint density at radius 1 is 1.26 bits per heavy atom. The highest BCUT2D eigenvalue weighted by Gasteiger charge is 2.17. The molecule has 1 aliphatic rings. The van der Waals surface area contributed by atoms with Crippen LogP contribution in [0.3, 0.4) is 0 Å². The number of urea groups is 1. The molecule has 2 N–H and O–H groups in total. The number of rotatable bonds is 5. The molecule has 0 saturated carbocycles. The lowest BCUT2D eigenvalue weighted by Gasteiger charge is -2.32. The smallest absolute Gasteiger partial charge is 0.337 e. The maximum Gasteiger partial charge on any atom is 0.337 e. The third-order valence-corrected chi connectivity index (χ3v) is 3.79. The molecule has 0 spiro atoms. The number of anilines is 1. The second kappa shape index (κ2) is 8.50. The summed E-state index contributed by atoms with van der Waals surface area (Å²) in [6.45, 7) is 5.90. The van der Waals surface area contributed by atoms with Crippen LogP contribution in [0.15, 0.2) is 24.3 Å². The van der Waals surface area contributed by atoms with Crippen LogP contribution in [0, 0.1) is 0 Å². The molecular formula is C16H23N3O4. The van der Waals surface area contributed by atoms with Crippen molar-refractivity contribution in [1.82, 2.24) is 10.2 Å². The number of morpholine rings is 1. The van der Waals surface area contributed by atoms with E-state index in [9.17, 15) is 9.59 Å².